The highest BCUT2D eigenvalue weighted by atomic mass is 32.2. The van der Waals surface area contributed by atoms with Crippen molar-refractivity contribution in [2.45, 2.75) is 11.8 Å². The molecule has 0 aromatic heterocycles. The van der Waals surface area contributed by atoms with E-state index in [4.69, 9.17) is 0 Å². The van der Waals surface area contributed by atoms with Gasteiger partial charge < -0.3 is 5.11 Å². The molecule has 26 heavy (non-hydrogen) atoms. The first-order valence-corrected chi connectivity index (χ1v) is 8.96. The van der Waals surface area contributed by atoms with Crippen molar-refractivity contribution in [3.8, 4) is 0 Å². The third-order valence-corrected chi connectivity index (χ3v) is 4.63. The Morgan fingerprint density at radius 3 is 2.35 bits per heavy atom. The van der Waals surface area contributed by atoms with Crippen molar-refractivity contribution in [2.75, 3.05) is 0 Å². The second-order valence-corrected chi connectivity index (χ2v) is 7.06. The molecule has 7 nitrogen and oxygen atoms in total. The first kappa shape index (κ1) is 17.7. The predicted molar refractivity (Wildman–Crippen MR) is 96.1 cm³/mol. The molecular formula is C18H14N2O5S. The number of nitrogens with zero attached hydrogens (tertiary/aromatic N) is 2. The number of fused-ring (bicyclic) bond motifs is 1. The van der Waals surface area contributed by atoms with Crippen molar-refractivity contribution in [1.82, 2.24) is 0 Å². The lowest BCUT2D eigenvalue weighted by Crippen LogP contribution is -1.98. The Hall–Kier alpha value is -3.10. The van der Waals surface area contributed by atoms with Crippen LogP contribution in [0.5, 0.6) is 0 Å². The maximum Gasteiger partial charge on any atom is 0.335 e. The Kier molecular flexibility index (Phi) is 4.54. The average molecular weight is 370 g/mol. The monoisotopic (exact) mass is 370 g/mol. The van der Waals surface area contributed by atoms with Gasteiger partial charge in [-0.15, -0.1) is 10.2 Å². The summed E-state index contributed by atoms with van der Waals surface area (Å²) in [6, 6.07) is 14.3. The SMILES string of the molecule is Cc1ccc(N=Nc2cc(C(=O)O)cc3ccccc23)c(S(=O)(=O)O)c1. The smallest absolute Gasteiger partial charge is 0.335 e. The zero-order valence-electron chi connectivity index (χ0n) is 13.6. The second-order valence-electron chi connectivity index (χ2n) is 5.67. The lowest BCUT2D eigenvalue weighted by molar-refractivity contribution is 0.0697. The summed E-state index contributed by atoms with van der Waals surface area (Å²) in [5, 5.41) is 18.6. The van der Waals surface area contributed by atoms with Crippen LogP contribution in [-0.4, -0.2) is 24.0 Å². The molecule has 0 radical (unpaired) electrons. The predicted octanol–water partition coefficient (Wildman–Crippen LogP) is 4.51. The van der Waals surface area contributed by atoms with E-state index in [2.05, 4.69) is 10.2 Å². The van der Waals surface area contributed by atoms with E-state index in [0.29, 0.717) is 16.3 Å². The number of carboxylic acid groups (broad SMARTS) is 1. The van der Waals surface area contributed by atoms with Crippen molar-refractivity contribution >= 4 is 38.2 Å². The number of carboxylic acids is 1. The fourth-order valence-electron chi connectivity index (χ4n) is 2.51. The average Bonchev–Trinajstić information content (AvgIpc) is 2.59. The summed E-state index contributed by atoms with van der Waals surface area (Å²) in [6.45, 7) is 1.68. The van der Waals surface area contributed by atoms with E-state index in [9.17, 15) is 22.9 Å². The highest BCUT2D eigenvalue weighted by Crippen LogP contribution is 2.31. The highest BCUT2D eigenvalue weighted by molar-refractivity contribution is 7.86. The molecule has 3 rings (SSSR count). The third kappa shape index (κ3) is 3.61. The van der Waals surface area contributed by atoms with Crippen LogP contribution in [-0.2, 0) is 10.1 Å². The Labute approximate surface area is 149 Å². The van der Waals surface area contributed by atoms with Gasteiger partial charge in [-0.3, -0.25) is 4.55 Å². The van der Waals surface area contributed by atoms with E-state index in [1.165, 1.54) is 24.3 Å². The molecule has 0 aliphatic heterocycles. The number of hydrogen-bond acceptors (Lipinski definition) is 5. The molecule has 0 saturated heterocycles. The molecule has 0 unspecified atom stereocenters. The lowest BCUT2D eigenvalue weighted by Gasteiger charge is -2.05. The molecule has 0 aliphatic rings. The molecule has 8 heteroatoms. The Morgan fingerprint density at radius 2 is 1.65 bits per heavy atom. The van der Waals surface area contributed by atoms with Gasteiger partial charge in [-0.2, -0.15) is 8.42 Å². The minimum atomic E-state index is -4.47. The third-order valence-electron chi connectivity index (χ3n) is 3.75. The lowest BCUT2D eigenvalue weighted by atomic mass is 10.1. The van der Waals surface area contributed by atoms with Crippen LogP contribution in [0.2, 0.25) is 0 Å². The molecule has 0 fully saturated rings. The van der Waals surface area contributed by atoms with Crippen molar-refractivity contribution in [1.29, 1.82) is 0 Å². The molecule has 132 valence electrons. The van der Waals surface area contributed by atoms with Crippen molar-refractivity contribution in [3.05, 3.63) is 65.7 Å². The van der Waals surface area contributed by atoms with E-state index in [1.807, 2.05) is 0 Å². The molecular weight excluding hydrogens is 356 g/mol. The highest BCUT2D eigenvalue weighted by Gasteiger charge is 2.16. The number of rotatable bonds is 4. The van der Waals surface area contributed by atoms with Crippen LogP contribution in [0.3, 0.4) is 0 Å². The summed E-state index contributed by atoms with van der Waals surface area (Å²) < 4.78 is 32.5. The van der Waals surface area contributed by atoms with Gasteiger partial charge in [0.15, 0.2) is 0 Å². The Balaban J connectivity index is 2.17. The summed E-state index contributed by atoms with van der Waals surface area (Å²) in [5.41, 5.74) is 0.914. The summed E-state index contributed by atoms with van der Waals surface area (Å²) in [7, 11) is -4.47. The number of aryl methyl sites for hydroxylation is 1. The molecule has 0 amide bonds. The van der Waals surface area contributed by atoms with Gasteiger partial charge in [0.25, 0.3) is 10.1 Å². The van der Waals surface area contributed by atoms with Crippen LogP contribution < -0.4 is 0 Å². The number of hydrogen-bond donors (Lipinski definition) is 2. The molecule has 0 heterocycles. The number of benzene rings is 3. The van der Waals surface area contributed by atoms with Crippen molar-refractivity contribution < 1.29 is 22.9 Å². The molecule has 0 atom stereocenters. The van der Waals surface area contributed by atoms with Crippen LogP contribution >= 0.6 is 0 Å². The largest absolute Gasteiger partial charge is 0.478 e. The van der Waals surface area contributed by atoms with Gasteiger partial charge >= 0.3 is 5.97 Å². The van der Waals surface area contributed by atoms with Gasteiger partial charge in [0.1, 0.15) is 10.6 Å². The second kappa shape index (κ2) is 6.66. The topological polar surface area (TPSA) is 116 Å². The molecule has 0 bridgehead atoms. The molecule has 0 saturated carbocycles. The summed E-state index contributed by atoms with van der Waals surface area (Å²) in [5.74, 6) is -1.11. The zero-order chi connectivity index (χ0) is 18.9. The van der Waals surface area contributed by atoms with Crippen molar-refractivity contribution in [2.24, 2.45) is 10.2 Å². The van der Waals surface area contributed by atoms with E-state index in [1.54, 1.807) is 37.3 Å². The van der Waals surface area contributed by atoms with Crippen LogP contribution in [0, 0.1) is 6.92 Å². The van der Waals surface area contributed by atoms with Crippen LogP contribution in [0.25, 0.3) is 10.8 Å². The maximum absolute atomic E-state index is 11.5. The van der Waals surface area contributed by atoms with E-state index < -0.39 is 16.1 Å². The van der Waals surface area contributed by atoms with Crippen molar-refractivity contribution in [3.63, 3.8) is 0 Å². The Morgan fingerprint density at radius 1 is 0.962 bits per heavy atom. The quantitative estimate of drug-likeness (QED) is 0.518. The summed E-state index contributed by atoms with van der Waals surface area (Å²) in [4.78, 5) is 10.9. The normalized spacial score (nSPS) is 11.9. The molecule has 0 spiro atoms. The molecule has 3 aromatic rings. The first-order valence-electron chi connectivity index (χ1n) is 7.52. The van der Waals surface area contributed by atoms with E-state index in [0.717, 1.165) is 0 Å². The number of carbonyl (C=O) groups is 1. The van der Waals surface area contributed by atoms with Gasteiger partial charge in [-0.1, -0.05) is 30.3 Å². The van der Waals surface area contributed by atoms with Gasteiger partial charge in [0.2, 0.25) is 0 Å². The van der Waals surface area contributed by atoms with Gasteiger partial charge in [0, 0.05) is 5.39 Å². The molecule has 2 N–H and O–H groups in total. The van der Waals surface area contributed by atoms with Crippen LogP contribution in [0.1, 0.15) is 15.9 Å². The molecule has 3 aromatic carbocycles. The minimum absolute atomic E-state index is 0.0385. The zero-order valence-corrected chi connectivity index (χ0v) is 14.4. The van der Waals surface area contributed by atoms with Crippen LogP contribution in [0.15, 0.2) is 69.7 Å². The van der Waals surface area contributed by atoms with Crippen LogP contribution in [0.4, 0.5) is 11.4 Å². The van der Waals surface area contributed by atoms with Gasteiger partial charge in [-0.05, 0) is 42.1 Å². The van der Waals surface area contributed by atoms with Gasteiger partial charge in [-0.25, -0.2) is 4.79 Å². The van der Waals surface area contributed by atoms with E-state index >= 15 is 0 Å². The summed E-state index contributed by atoms with van der Waals surface area (Å²) in [6.07, 6.45) is 0. The first-order chi connectivity index (χ1) is 12.3. The standard InChI is InChI=1S/C18H14N2O5S/c1-11-6-7-15(17(8-11)26(23,24)25)19-20-16-10-13(18(21)22)9-12-4-2-3-5-14(12)16/h2-10H,1H3,(H,21,22)(H,23,24,25). The van der Waals surface area contributed by atoms with Gasteiger partial charge in [0.05, 0.1) is 11.3 Å². The summed E-state index contributed by atoms with van der Waals surface area (Å²) >= 11 is 0. The molecule has 0 aliphatic carbocycles. The maximum atomic E-state index is 11.5. The number of azo groups is 1. The fraction of sp³-hybridized carbons (Fsp3) is 0.0556. The minimum Gasteiger partial charge on any atom is -0.478 e. The number of aromatic carboxylic acids is 1. The van der Waals surface area contributed by atoms with E-state index in [-0.39, 0.29) is 21.8 Å². The Bertz CT molecular complexity index is 1150. The fourth-order valence-corrected chi connectivity index (χ4v) is 3.22.